The largest absolute Gasteiger partial charge is 0.492 e. The van der Waals surface area contributed by atoms with Gasteiger partial charge >= 0.3 is 0 Å². The van der Waals surface area contributed by atoms with Gasteiger partial charge in [0.25, 0.3) is 0 Å². The molecule has 1 amide bonds. The molecule has 0 unspecified atom stereocenters. The first-order chi connectivity index (χ1) is 11.2. The highest BCUT2D eigenvalue weighted by Gasteiger charge is 2.01. The lowest BCUT2D eigenvalue weighted by molar-refractivity contribution is -0.121. The predicted octanol–water partition coefficient (Wildman–Crippen LogP) is 4.41. The van der Waals surface area contributed by atoms with Gasteiger partial charge in [0.2, 0.25) is 5.91 Å². The summed E-state index contributed by atoms with van der Waals surface area (Å²) in [4.78, 5) is 12.9. The Morgan fingerprint density at radius 1 is 1.09 bits per heavy atom. The Balaban J connectivity index is 1.51. The molecule has 0 atom stereocenters. The van der Waals surface area contributed by atoms with Crippen LogP contribution >= 0.6 is 23.4 Å². The van der Waals surface area contributed by atoms with Crippen LogP contribution in [-0.2, 0) is 4.79 Å². The number of hydrogen-bond acceptors (Lipinski definition) is 3. The summed E-state index contributed by atoms with van der Waals surface area (Å²) in [6.07, 6.45) is 1.38. The quantitative estimate of drug-likeness (QED) is 0.538. The van der Waals surface area contributed by atoms with E-state index in [9.17, 15) is 4.79 Å². The SMILES string of the molecule is O=C(CCCSc1ccc(Cl)cc1)NCCOc1ccccc1. The highest BCUT2D eigenvalue weighted by Crippen LogP contribution is 2.21. The van der Waals surface area contributed by atoms with Gasteiger partial charge < -0.3 is 10.1 Å². The second kappa shape index (κ2) is 10.2. The van der Waals surface area contributed by atoms with Crippen LogP contribution in [0.25, 0.3) is 0 Å². The minimum absolute atomic E-state index is 0.0679. The Bertz CT molecular complexity index is 590. The summed E-state index contributed by atoms with van der Waals surface area (Å²) in [7, 11) is 0. The van der Waals surface area contributed by atoms with Gasteiger partial charge in [0.05, 0.1) is 6.54 Å². The third-order valence-corrected chi connectivity index (χ3v) is 4.42. The third-order valence-electron chi connectivity index (χ3n) is 3.07. The van der Waals surface area contributed by atoms with Crippen molar-refractivity contribution in [1.29, 1.82) is 0 Å². The number of halogens is 1. The number of carbonyl (C=O) groups is 1. The summed E-state index contributed by atoms with van der Waals surface area (Å²) < 4.78 is 5.52. The van der Waals surface area contributed by atoms with Gasteiger partial charge in [0, 0.05) is 16.3 Å². The number of ether oxygens (including phenoxy) is 1. The van der Waals surface area contributed by atoms with Gasteiger partial charge in [-0.1, -0.05) is 29.8 Å². The smallest absolute Gasteiger partial charge is 0.220 e. The van der Waals surface area contributed by atoms with Gasteiger partial charge in [-0.2, -0.15) is 0 Å². The van der Waals surface area contributed by atoms with Crippen molar-refractivity contribution in [3.63, 3.8) is 0 Å². The van der Waals surface area contributed by atoms with E-state index in [1.165, 1.54) is 4.90 Å². The van der Waals surface area contributed by atoms with Crippen molar-refractivity contribution < 1.29 is 9.53 Å². The van der Waals surface area contributed by atoms with E-state index in [2.05, 4.69) is 5.32 Å². The zero-order valence-corrected chi connectivity index (χ0v) is 14.4. The van der Waals surface area contributed by atoms with Crippen LogP contribution in [0.5, 0.6) is 5.75 Å². The van der Waals surface area contributed by atoms with Crippen molar-refractivity contribution in [2.45, 2.75) is 17.7 Å². The van der Waals surface area contributed by atoms with Gasteiger partial charge in [-0.25, -0.2) is 0 Å². The standard InChI is InChI=1S/C18H20ClNO2S/c19-15-8-10-17(11-9-15)23-14-4-7-18(21)20-12-13-22-16-5-2-1-3-6-16/h1-3,5-6,8-11H,4,7,12-14H2,(H,20,21). The number of benzene rings is 2. The first-order valence-electron chi connectivity index (χ1n) is 7.57. The molecule has 0 aliphatic carbocycles. The molecule has 0 heterocycles. The lowest BCUT2D eigenvalue weighted by Gasteiger charge is -2.07. The highest BCUT2D eigenvalue weighted by molar-refractivity contribution is 7.99. The first kappa shape index (κ1) is 17.7. The molecule has 2 aromatic carbocycles. The number of thioether (sulfide) groups is 1. The van der Waals surface area contributed by atoms with E-state index < -0.39 is 0 Å². The minimum Gasteiger partial charge on any atom is -0.492 e. The lowest BCUT2D eigenvalue weighted by Crippen LogP contribution is -2.27. The van der Waals surface area contributed by atoms with Gasteiger partial charge in [-0.3, -0.25) is 4.79 Å². The van der Waals surface area contributed by atoms with E-state index in [0.29, 0.717) is 19.6 Å². The number of nitrogens with one attached hydrogen (secondary N) is 1. The van der Waals surface area contributed by atoms with Crippen LogP contribution in [0.1, 0.15) is 12.8 Å². The molecule has 0 aliphatic heterocycles. The molecule has 0 spiro atoms. The normalized spacial score (nSPS) is 10.3. The van der Waals surface area contributed by atoms with Crippen LogP contribution in [0, 0.1) is 0 Å². The number of amides is 1. The molecule has 0 saturated heterocycles. The van der Waals surface area contributed by atoms with Crippen LogP contribution in [0.15, 0.2) is 59.5 Å². The maximum Gasteiger partial charge on any atom is 0.220 e. The Labute approximate surface area is 146 Å². The third kappa shape index (κ3) is 7.44. The van der Waals surface area contributed by atoms with E-state index in [1.54, 1.807) is 11.8 Å². The zero-order chi connectivity index (χ0) is 16.3. The van der Waals surface area contributed by atoms with Crippen LogP contribution in [-0.4, -0.2) is 24.8 Å². The van der Waals surface area contributed by atoms with Crippen molar-refractivity contribution in [2.75, 3.05) is 18.9 Å². The molecular weight excluding hydrogens is 330 g/mol. The van der Waals surface area contributed by atoms with Crippen LogP contribution < -0.4 is 10.1 Å². The summed E-state index contributed by atoms with van der Waals surface area (Å²) in [5.41, 5.74) is 0. The second-order valence-electron chi connectivity index (χ2n) is 4.92. The summed E-state index contributed by atoms with van der Waals surface area (Å²) in [6.45, 7) is 1.01. The average Bonchev–Trinajstić information content (AvgIpc) is 2.58. The molecule has 122 valence electrons. The van der Waals surface area contributed by atoms with Crippen molar-refractivity contribution in [3.05, 3.63) is 59.6 Å². The fourth-order valence-corrected chi connectivity index (χ4v) is 2.90. The van der Waals surface area contributed by atoms with Gasteiger partial charge in [0.1, 0.15) is 12.4 Å². The molecule has 1 N–H and O–H groups in total. The molecule has 5 heteroatoms. The fraction of sp³-hybridized carbons (Fsp3) is 0.278. The Morgan fingerprint density at radius 3 is 2.57 bits per heavy atom. The molecule has 2 rings (SSSR count). The van der Waals surface area contributed by atoms with Gasteiger partial charge in [-0.15, -0.1) is 11.8 Å². The van der Waals surface area contributed by atoms with Crippen LogP contribution in [0.3, 0.4) is 0 Å². The highest BCUT2D eigenvalue weighted by atomic mass is 35.5. The van der Waals surface area contributed by atoms with Gasteiger partial charge in [0.15, 0.2) is 0 Å². The van der Waals surface area contributed by atoms with Crippen molar-refractivity contribution in [2.24, 2.45) is 0 Å². The maximum atomic E-state index is 11.7. The summed E-state index contributed by atoms with van der Waals surface area (Å²) >= 11 is 7.58. The van der Waals surface area contributed by atoms with Crippen LogP contribution in [0.2, 0.25) is 5.02 Å². The second-order valence-corrected chi connectivity index (χ2v) is 6.52. The van der Waals surface area contributed by atoms with Crippen molar-refractivity contribution in [1.82, 2.24) is 5.32 Å². The maximum absolute atomic E-state index is 11.7. The molecule has 0 aliphatic rings. The van der Waals surface area contributed by atoms with E-state index in [4.69, 9.17) is 16.3 Å². The zero-order valence-electron chi connectivity index (χ0n) is 12.8. The predicted molar refractivity (Wildman–Crippen MR) is 96.4 cm³/mol. The minimum atomic E-state index is 0.0679. The molecule has 23 heavy (non-hydrogen) atoms. The number of carbonyl (C=O) groups excluding carboxylic acids is 1. The number of rotatable bonds is 9. The van der Waals surface area contributed by atoms with E-state index in [0.717, 1.165) is 22.9 Å². The molecular formula is C18H20ClNO2S. The Morgan fingerprint density at radius 2 is 1.83 bits per heavy atom. The molecule has 0 radical (unpaired) electrons. The molecule has 0 aromatic heterocycles. The fourth-order valence-electron chi connectivity index (χ4n) is 1.92. The monoisotopic (exact) mass is 349 g/mol. The molecule has 0 saturated carbocycles. The first-order valence-corrected chi connectivity index (χ1v) is 8.93. The van der Waals surface area contributed by atoms with E-state index in [-0.39, 0.29) is 5.91 Å². The Hall–Kier alpha value is -1.65. The topological polar surface area (TPSA) is 38.3 Å². The van der Waals surface area contributed by atoms with Crippen molar-refractivity contribution in [3.8, 4) is 5.75 Å². The Kier molecular flexibility index (Phi) is 7.84. The number of para-hydroxylation sites is 1. The van der Waals surface area contributed by atoms with Gasteiger partial charge in [-0.05, 0) is 48.6 Å². The number of hydrogen-bond donors (Lipinski definition) is 1. The van der Waals surface area contributed by atoms with Crippen molar-refractivity contribution >= 4 is 29.3 Å². The lowest BCUT2D eigenvalue weighted by atomic mass is 10.3. The summed E-state index contributed by atoms with van der Waals surface area (Å²) in [5.74, 6) is 1.80. The summed E-state index contributed by atoms with van der Waals surface area (Å²) in [5, 5.41) is 3.61. The average molecular weight is 350 g/mol. The van der Waals surface area contributed by atoms with E-state index in [1.807, 2.05) is 54.6 Å². The van der Waals surface area contributed by atoms with E-state index >= 15 is 0 Å². The molecule has 2 aromatic rings. The summed E-state index contributed by atoms with van der Waals surface area (Å²) in [6, 6.07) is 17.3. The molecule has 0 bridgehead atoms. The molecule has 3 nitrogen and oxygen atoms in total. The van der Waals surface area contributed by atoms with Crippen LogP contribution in [0.4, 0.5) is 0 Å². The molecule has 0 fully saturated rings.